The van der Waals surface area contributed by atoms with Gasteiger partial charge in [0.1, 0.15) is 0 Å². The molecule has 1 atom stereocenters. The minimum absolute atomic E-state index is 0.0606. The number of carbonyl (C=O) groups excluding carboxylic acids is 1. The maximum absolute atomic E-state index is 11.1. The van der Waals surface area contributed by atoms with Gasteiger partial charge in [0.25, 0.3) is 0 Å². The van der Waals surface area contributed by atoms with E-state index in [1.807, 2.05) is 5.38 Å². The summed E-state index contributed by atoms with van der Waals surface area (Å²) in [5, 5.41) is 6.07. The molecule has 1 saturated heterocycles. The molecule has 0 aromatic carbocycles. The topological polar surface area (TPSA) is 42.0 Å². The molecule has 0 radical (unpaired) electrons. The largest absolute Gasteiger partial charge is 0.351 e. The lowest BCUT2D eigenvalue weighted by Gasteiger charge is -2.22. The molecule has 13 heavy (non-hydrogen) atoms. The fraction of sp³-hybridized carbons (Fsp3) is 0.556. The Kier molecular flexibility index (Phi) is 2.07. The van der Waals surface area contributed by atoms with Crippen molar-refractivity contribution < 1.29 is 4.79 Å². The third-order valence-electron chi connectivity index (χ3n) is 2.37. The lowest BCUT2D eigenvalue weighted by Crippen LogP contribution is -2.40. The first-order valence-electron chi connectivity index (χ1n) is 4.37. The van der Waals surface area contributed by atoms with Crippen LogP contribution in [0.25, 0.3) is 0 Å². The first-order chi connectivity index (χ1) is 6.18. The van der Waals surface area contributed by atoms with Gasteiger partial charge in [-0.05, 0) is 13.3 Å². The second-order valence-electron chi connectivity index (χ2n) is 3.71. The molecular weight excluding hydrogens is 184 g/mol. The van der Waals surface area contributed by atoms with E-state index in [-0.39, 0.29) is 11.4 Å². The first kappa shape index (κ1) is 8.69. The molecule has 1 N–H and O–H groups in total. The molecule has 1 aromatic rings. The Morgan fingerprint density at radius 3 is 3.15 bits per heavy atom. The zero-order valence-corrected chi connectivity index (χ0v) is 8.36. The molecule has 1 aliphatic rings. The Labute approximate surface area is 81.2 Å². The van der Waals surface area contributed by atoms with E-state index in [1.165, 1.54) is 0 Å². The summed E-state index contributed by atoms with van der Waals surface area (Å²) in [6.45, 7) is 2.08. The van der Waals surface area contributed by atoms with Crippen molar-refractivity contribution in [2.24, 2.45) is 0 Å². The molecule has 0 aliphatic carbocycles. The minimum Gasteiger partial charge on any atom is -0.351 e. The number of hydrogen-bond acceptors (Lipinski definition) is 3. The van der Waals surface area contributed by atoms with Crippen LogP contribution in [0.15, 0.2) is 11.6 Å². The van der Waals surface area contributed by atoms with Crippen molar-refractivity contribution in [3.05, 3.63) is 16.6 Å². The van der Waals surface area contributed by atoms with E-state index >= 15 is 0 Å². The maximum Gasteiger partial charge on any atom is 0.220 e. The van der Waals surface area contributed by atoms with Crippen LogP contribution < -0.4 is 5.32 Å². The van der Waals surface area contributed by atoms with E-state index in [9.17, 15) is 4.79 Å². The quantitative estimate of drug-likeness (QED) is 0.776. The van der Waals surface area contributed by atoms with E-state index in [1.54, 1.807) is 17.5 Å². The summed E-state index contributed by atoms with van der Waals surface area (Å²) in [5.41, 5.74) is -0.0606. The summed E-state index contributed by atoms with van der Waals surface area (Å²) < 4.78 is 0. The van der Waals surface area contributed by atoms with Gasteiger partial charge in [0, 0.05) is 30.0 Å². The van der Waals surface area contributed by atoms with Gasteiger partial charge in [-0.1, -0.05) is 0 Å². The van der Waals surface area contributed by atoms with Gasteiger partial charge in [-0.2, -0.15) is 0 Å². The number of thiazole rings is 1. The number of hydrogen-bond donors (Lipinski definition) is 1. The fourth-order valence-corrected chi connectivity index (χ4v) is 2.46. The number of rotatable bonds is 2. The average Bonchev–Trinajstić information content (AvgIpc) is 2.62. The van der Waals surface area contributed by atoms with Crippen LogP contribution in [0.4, 0.5) is 0 Å². The van der Waals surface area contributed by atoms with Crippen molar-refractivity contribution in [2.75, 3.05) is 0 Å². The normalized spacial score (nSPS) is 27.6. The lowest BCUT2D eigenvalue weighted by atomic mass is 9.97. The monoisotopic (exact) mass is 196 g/mol. The minimum atomic E-state index is -0.0606. The van der Waals surface area contributed by atoms with Gasteiger partial charge in [-0.25, -0.2) is 4.98 Å². The molecule has 2 heterocycles. The number of nitrogens with zero attached hydrogens (tertiary/aromatic N) is 1. The highest BCUT2D eigenvalue weighted by Crippen LogP contribution is 2.24. The van der Waals surface area contributed by atoms with Crippen LogP contribution in [-0.4, -0.2) is 16.4 Å². The smallest absolute Gasteiger partial charge is 0.220 e. The molecule has 0 spiro atoms. The van der Waals surface area contributed by atoms with Crippen LogP contribution in [0.2, 0.25) is 0 Å². The van der Waals surface area contributed by atoms with E-state index in [4.69, 9.17) is 0 Å². The van der Waals surface area contributed by atoms with Gasteiger partial charge in [0.15, 0.2) is 0 Å². The molecule has 0 saturated carbocycles. The van der Waals surface area contributed by atoms with Crippen LogP contribution in [0.5, 0.6) is 0 Å². The van der Waals surface area contributed by atoms with Crippen molar-refractivity contribution >= 4 is 17.2 Å². The second kappa shape index (κ2) is 3.10. The van der Waals surface area contributed by atoms with Crippen LogP contribution in [0.3, 0.4) is 0 Å². The summed E-state index contributed by atoms with van der Waals surface area (Å²) in [5.74, 6) is 0.166. The molecule has 1 aliphatic heterocycles. The number of amides is 1. The summed E-state index contributed by atoms with van der Waals surface area (Å²) in [6, 6.07) is 0. The summed E-state index contributed by atoms with van der Waals surface area (Å²) in [6.07, 6.45) is 4.24. The van der Waals surface area contributed by atoms with Crippen LogP contribution in [0, 0.1) is 0 Å². The molecule has 1 amide bonds. The van der Waals surface area contributed by atoms with Gasteiger partial charge >= 0.3 is 0 Å². The highest BCUT2D eigenvalue weighted by molar-refractivity contribution is 7.09. The van der Waals surface area contributed by atoms with Crippen LogP contribution in [-0.2, 0) is 11.2 Å². The molecule has 1 fully saturated rings. The predicted octanol–water partition coefficient (Wildman–Crippen LogP) is 1.35. The fourth-order valence-electron chi connectivity index (χ4n) is 1.66. The molecule has 1 aromatic heterocycles. The molecule has 1 unspecified atom stereocenters. The SMILES string of the molecule is CC1(Cc2nccs2)CCC(=O)N1. The number of carbonyl (C=O) groups is 1. The highest BCUT2D eigenvalue weighted by Gasteiger charge is 2.33. The Bertz CT molecular complexity index is 309. The zero-order valence-electron chi connectivity index (χ0n) is 7.54. The van der Waals surface area contributed by atoms with Gasteiger partial charge in [0.05, 0.1) is 5.01 Å². The first-order valence-corrected chi connectivity index (χ1v) is 5.25. The predicted molar refractivity (Wildman–Crippen MR) is 51.6 cm³/mol. The third-order valence-corrected chi connectivity index (χ3v) is 3.15. The standard InChI is InChI=1S/C9H12N2OS/c1-9(3-2-7(12)11-9)6-8-10-4-5-13-8/h4-5H,2-3,6H2,1H3,(H,11,12). The summed E-state index contributed by atoms with van der Waals surface area (Å²) >= 11 is 1.65. The van der Waals surface area contributed by atoms with Gasteiger partial charge in [-0.3, -0.25) is 4.79 Å². The van der Waals surface area contributed by atoms with Crippen molar-refractivity contribution in [3.8, 4) is 0 Å². The highest BCUT2D eigenvalue weighted by atomic mass is 32.1. The molecule has 3 nitrogen and oxygen atoms in total. The van der Waals surface area contributed by atoms with Crippen molar-refractivity contribution in [3.63, 3.8) is 0 Å². The van der Waals surface area contributed by atoms with E-state index < -0.39 is 0 Å². The number of nitrogens with one attached hydrogen (secondary N) is 1. The van der Waals surface area contributed by atoms with Crippen LogP contribution in [0.1, 0.15) is 24.8 Å². The molecule has 2 rings (SSSR count). The van der Waals surface area contributed by atoms with E-state index in [2.05, 4.69) is 17.2 Å². The van der Waals surface area contributed by atoms with E-state index in [0.29, 0.717) is 6.42 Å². The van der Waals surface area contributed by atoms with E-state index in [0.717, 1.165) is 17.8 Å². The summed E-state index contributed by atoms with van der Waals surface area (Å²) in [4.78, 5) is 15.3. The van der Waals surface area contributed by atoms with Crippen molar-refractivity contribution in [2.45, 2.75) is 31.7 Å². The Balaban J connectivity index is 2.05. The van der Waals surface area contributed by atoms with Gasteiger partial charge in [0.2, 0.25) is 5.91 Å². The van der Waals surface area contributed by atoms with Gasteiger partial charge in [-0.15, -0.1) is 11.3 Å². The molecular formula is C9H12N2OS. The number of aromatic nitrogens is 1. The van der Waals surface area contributed by atoms with Crippen molar-refractivity contribution in [1.82, 2.24) is 10.3 Å². The Morgan fingerprint density at radius 1 is 1.77 bits per heavy atom. The lowest BCUT2D eigenvalue weighted by molar-refractivity contribution is -0.119. The third kappa shape index (κ3) is 1.88. The summed E-state index contributed by atoms with van der Waals surface area (Å²) in [7, 11) is 0. The van der Waals surface area contributed by atoms with Crippen molar-refractivity contribution in [1.29, 1.82) is 0 Å². The Hall–Kier alpha value is -0.900. The van der Waals surface area contributed by atoms with Crippen LogP contribution >= 0.6 is 11.3 Å². The zero-order chi connectivity index (χ0) is 9.31. The molecule has 70 valence electrons. The van der Waals surface area contributed by atoms with Gasteiger partial charge < -0.3 is 5.32 Å². The molecule has 0 bridgehead atoms. The molecule has 4 heteroatoms. The maximum atomic E-state index is 11.1. The average molecular weight is 196 g/mol. The second-order valence-corrected chi connectivity index (χ2v) is 4.69. The Morgan fingerprint density at radius 2 is 2.62 bits per heavy atom.